The molecule has 0 aliphatic heterocycles. The summed E-state index contributed by atoms with van der Waals surface area (Å²) in [6.45, 7) is 5.11. The number of aromatic nitrogens is 1. The van der Waals surface area contributed by atoms with Crippen LogP contribution in [0.1, 0.15) is 36.8 Å². The van der Waals surface area contributed by atoms with E-state index in [0.717, 1.165) is 17.0 Å². The first kappa shape index (κ1) is 23.7. The minimum absolute atomic E-state index is 0. The highest BCUT2D eigenvalue weighted by Gasteiger charge is 2.09. The minimum Gasteiger partial charge on any atom is -0.497 e. The third-order valence-electron chi connectivity index (χ3n) is 3.89. The van der Waals surface area contributed by atoms with E-state index in [-0.39, 0.29) is 36.4 Å². The molecule has 1 aromatic carbocycles. The topological polar surface area (TPSA) is 101 Å². The summed E-state index contributed by atoms with van der Waals surface area (Å²) in [6.07, 6.45) is 0. The van der Waals surface area contributed by atoms with Crippen LogP contribution in [0.15, 0.2) is 39.8 Å². The Labute approximate surface area is 182 Å². The van der Waals surface area contributed by atoms with Crippen molar-refractivity contribution in [2.24, 2.45) is 4.99 Å². The molecule has 0 aliphatic rings. The molecule has 8 nitrogen and oxygen atoms in total. The normalized spacial score (nSPS) is 11.0. The van der Waals surface area contributed by atoms with Crippen LogP contribution in [0.3, 0.4) is 0 Å². The van der Waals surface area contributed by atoms with Gasteiger partial charge in [0, 0.05) is 19.7 Å². The smallest absolute Gasteiger partial charge is 0.239 e. The van der Waals surface area contributed by atoms with Crippen LogP contribution in [0.2, 0.25) is 0 Å². The van der Waals surface area contributed by atoms with Crippen LogP contribution in [-0.4, -0.2) is 37.7 Å². The van der Waals surface area contributed by atoms with E-state index in [1.165, 1.54) is 0 Å². The quantitative estimate of drug-likeness (QED) is 0.292. The summed E-state index contributed by atoms with van der Waals surface area (Å²) in [4.78, 5) is 16.1. The third kappa shape index (κ3) is 7.75. The summed E-state index contributed by atoms with van der Waals surface area (Å²) in [7, 11) is 3.26. The molecule has 1 aromatic heterocycles. The molecule has 0 atom stereocenters. The van der Waals surface area contributed by atoms with E-state index < -0.39 is 0 Å². The average Bonchev–Trinajstić information content (AvgIpc) is 3.16. The lowest BCUT2D eigenvalue weighted by atomic mass is 10.1. The number of guanidine groups is 1. The maximum Gasteiger partial charge on any atom is 0.239 e. The van der Waals surface area contributed by atoms with Gasteiger partial charge in [0.05, 0.1) is 25.9 Å². The number of hydrogen-bond acceptors (Lipinski definition) is 5. The predicted molar refractivity (Wildman–Crippen MR) is 119 cm³/mol. The molecule has 2 aromatic rings. The monoisotopic (exact) mass is 501 g/mol. The predicted octanol–water partition coefficient (Wildman–Crippen LogP) is 2.41. The summed E-state index contributed by atoms with van der Waals surface area (Å²) in [5.41, 5.74) is 1.91. The lowest BCUT2D eigenvalue weighted by Crippen LogP contribution is -2.42. The van der Waals surface area contributed by atoms with Crippen molar-refractivity contribution in [1.82, 2.24) is 21.1 Å². The van der Waals surface area contributed by atoms with Gasteiger partial charge in [0.25, 0.3) is 0 Å². The fraction of sp³-hybridized carbons (Fsp3) is 0.421. The van der Waals surface area contributed by atoms with Crippen LogP contribution in [0.25, 0.3) is 0 Å². The fourth-order valence-corrected chi connectivity index (χ4v) is 2.25. The van der Waals surface area contributed by atoms with Crippen molar-refractivity contribution in [2.75, 3.05) is 20.7 Å². The van der Waals surface area contributed by atoms with E-state index in [1.807, 2.05) is 30.3 Å². The van der Waals surface area contributed by atoms with E-state index >= 15 is 0 Å². The molecule has 1 amide bonds. The molecule has 3 N–H and O–H groups in total. The lowest BCUT2D eigenvalue weighted by Gasteiger charge is -2.11. The summed E-state index contributed by atoms with van der Waals surface area (Å²) in [5, 5.41) is 12.9. The highest BCUT2D eigenvalue weighted by Crippen LogP contribution is 2.13. The second-order valence-corrected chi connectivity index (χ2v) is 6.28. The van der Waals surface area contributed by atoms with Gasteiger partial charge in [-0.1, -0.05) is 31.1 Å². The third-order valence-corrected chi connectivity index (χ3v) is 3.89. The number of nitrogens with zero attached hydrogens (tertiary/aromatic N) is 2. The minimum atomic E-state index is -0.129. The molecule has 0 unspecified atom stereocenters. The van der Waals surface area contributed by atoms with Gasteiger partial charge in [0.1, 0.15) is 5.75 Å². The summed E-state index contributed by atoms with van der Waals surface area (Å²) >= 11 is 0. The summed E-state index contributed by atoms with van der Waals surface area (Å²) in [5.74, 6) is 2.20. The molecule has 9 heteroatoms. The van der Waals surface area contributed by atoms with Gasteiger partial charge >= 0.3 is 0 Å². The molecule has 1 heterocycles. The molecule has 0 saturated heterocycles. The Hall–Kier alpha value is -2.30. The van der Waals surface area contributed by atoms with Crippen molar-refractivity contribution >= 4 is 35.8 Å². The Bertz CT molecular complexity index is 759. The maximum absolute atomic E-state index is 12.0. The molecule has 0 radical (unpaired) electrons. The molecule has 0 spiro atoms. The van der Waals surface area contributed by atoms with E-state index in [9.17, 15) is 4.79 Å². The van der Waals surface area contributed by atoms with Crippen molar-refractivity contribution in [3.8, 4) is 5.75 Å². The van der Waals surface area contributed by atoms with Crippen LogP contribution < -0.4 is 20.7 Å². The zero-order valence-electron chi connectivity index (χ0n) is 16.6. The second kappa shape index (κ2) is 12.2. The van der Waals surface area contributed by atoms with Gasteiger partial charge < -0.3 is 25.2 Å². The molecular weight excluding hydrogens is 473 g/mol. The number of amides is 1. The SMILES string of the molecule is CN=C(NCC(=O)NCc1ccc(OC)cc1)NCc1cc(C(C)C)no1.I. The molecule has 28 heavy (non-hydrogen) atoms. The van der Waals surface area contributed by atoms with Crippen molar-refractivity contribution in [3.63, 3.8) is 0 Å². The van der Waals surface area contributed by atoms with Crippen molar-refractivity contribution in [3.05, 3.63) is 47.3 Å². The molecule has 2 rings (SSSR count). The standard InChI is InChI=1S/C19H27N5O3.HI/c1-13(2)17-9-16(27-24-17)11-22-19(20-3)23-12-18(25)21-10-14-5-7-15(26-4)8-6-14;/h5-9,13H,10-12H2,1-4H3,(H,21,25)(H2,20,22,23);1H. The van der Waals surface area contributed by atoms with Crippen molar-refractivity contribution in [2.45, 2.75) is 32.9 Å². The van der Waals surface area contributed by atoms with Gasteiger partial charge in [0.15, 0.2) is 11.7 Å². The van der Waals surface area contributed by atoms with Crippen LogP contribution in [-0.2, 0) is 17.9 Å². The second-order valence-electron chi connectivity index (χ2n) is 6.28. The van der Waals surface area contributed by atoms with Crippen LogP contribution in [0, 0.1) is 0 Å². The number of aliphatic imine (C=N–C) groups is 1. The zero-order valence-corrected chi connectivity index (χ0v) is 18.9. The van der Waals surface area contributed by atoms with Gasteiger partial charge in [0.2, 0.25) is 5.91 Å². The van der Waals surface area contributed by atoms with E-state index in [4.69, 9.17) is 9.26 Å². The Balaban J connectivity index is 0.00000392. The first-order chi connectivity index (χ1) is 13.0. The molecule has 0 bridgehead atoms. The zero-order chi connectivity index (χ0) is 19.6. The number of hydrogen-bond donors (Lipinski definition) is 3. The Kier molecular flexibility index (Phi) is 10.4. The number of carbonyl (C=O) groups is 1. The van der Waals surface area contributed by atoms with E-state index in [1.54, 1.807) is 14.2 Å². The Morgan fingerprint density at radius 3 is 2.46 bits per heavy atom. The van der Waals surface area contributed by atoms with Crippen molar-refractivity contribution < 1.29 is 14.1 Å². The number of carbonyl (C=O) groups excluding carboxylic acids is 1. The fourth-order valence-electron chi connectivity index (χ4n) is 2.25. The largest absolute Gasteiger partial charge is 0.497 e. The van der Waals surface area contributed by atoms with Gasteiger partial charge in [-0.15, -0.1) is 24.0 Å². The number of nitrogens with one attached hydrogen (secondary N) is 3. The molecule has 0 fully saturated rings. The Morgan fingerprint density at radius 2 is 1.89 bits per heavy atom. The number of methoxy groups -OCH3 is 1. The number of benzene rings is 1. The van der Waals surface area contributed by atoms with Gasteiger partial charge in [-0.3, -0.25) is 9.79 Å². The average molecular weight is 501 g/mol. The number of ether oxygens (including phenoxy) is 1. The van der Waals surface area contributed by atoms with Crippen molar-refractivity contribution in [1.29, 1.82) is 0 Å². The lowest BCUT2D eigenvalue weighted by molar-refractivity contribution is -0.120. The molecule has 0 aliphatic carbocycles. The van der Waals surface area contributed by atoms with Gasteiger partial charge in [-0.2, -0.15) is 0 Å². The first-order valence-corrected chi connectivity index (χ1v) is 8.81. The highest BCUT2D eigenvalue weighted by molar-refractivity contribution is 14.0. The summed E-state index contributed by atoms with van der Waals surface area (Å²) in [6, 6.07) is 9.46. The summed E-state index contributed by atoms with van der Waals surface area (Å²) < 4.78 is 10.4. The number of halogens is 1. The van der Waals surface area contributed by atoms with Gasteiger partial charge in [-0.25, -0.2) is 0 Å². The van der Waals surface area contributed by atoms with E-state index in [0.29, 0.717) is 30.7 Å². The molecule has 0 saturated carbocycles. The molecular formula is C19H28IN5O3. The van der Waals surface area contributed by atoms with E-state index in [2.05, 4.69) is 39.9 Å². The number of rotatable bonds is 8. The Morgan fingerprint density at radius 1 is 1.18 bits per heavy atom. The highest BCUT2D eigenvalue weighted by atomic mass is 127. The first-order valence-electron chi connectivity index (χ1n) is 8.81. The van der Waals surface area contributed by atoms with Gasteiger partial charge in [-0.05, 0) is 23.6 Å². The van der Waals surface area contributed by atoms with Crippen LogP contribution in [0.5, 0.6) is 5.75 Å². The maximum atomic E-state index is 12.0. The van der Waals surface area contributed by atoms with Crippen LogP contribution >= 0.6 is 24.0 Å². The molecule has 154 valence electrons. The van der Waals surface area contributed by atoms with Crippen LogP contribution in [0.4, 0.5) is 0 Å².